The Morgan fingerprint density at radius 2 is 2.25 bits per heavy atom. The fourth-order valence-electron chi connectivity index (χ4n) is 4.25. The smallest absolute Gasteiger partial charge is 0.178 e. The fourth-order valence-corrected chi connectivity index (χ4v) is 4.59. The van der Waals surface area contributed by atoms with Crippen LogP contribution in [0.25, 0.3) is 11.0 Å². The zero-order valence-corrected chi connectivity index (χ0v) is 12.6. The van der Waals surface area contributed by atoms with Gasteiger partial charge in [0, 0.05) is 6.04 Å². The van der Waals surface area contributed by atoms with Gasteiger partial charge in [-0.25, -0.2) is 0 Å². The number of nitrogens with zero attached hydrogens (tertiary/aromatic N) is 1. The highest BCUT2D eigenvalue weighted by Gasteiger charge is 2.41. The second-order valence-electron chi connectivity index (χ2n) is 6.13. The molecule has 0 saturated heterocycles. The molecule has 2 aliphatic carbocycles. The molecule has 2 aliphatic rings. The number of imidazole rings is 1. The van der Waals surface area contributed by atoms with Crippen LogP contribution in [-0.4, -0.2) is 16.2 Å². The summed E-state index contributed by atoms with van der Waals surface area (Å²) in [5.74, 6) is 2.66. The first kappa shape index (κ1) is 12.5. The number of aromatic amines is 1. The Morgan fingerprint density at radius 1 is 1.35 bits per heavy atom. The van der Waals surface area contributed by atoms with Crippen LogP contribution in [0.3, 0.4) is 0 Å². The molecular formula is C16H20N2OS. The highest BCUT2D eigenvalue weighted by molar-refractivity contribution is 7.71. The average molecular weight is 288 g/mol. The maximum Gasteiger partial charge on any atom is 0.178 e. The van der Waals surface area contributed by atoms with Crippen LogP contribution in [0, 0.1) is 16.6 Å². The summed E-state index contributed by atoms with van der Waals surface area (Å²) in [5, 5.41) is 0. The number of para-hydroxylation sites is 1. The molecule has 3 nitrogen and oxygen atoms in total. The summed E-state index contributed by atoms with van der Waals surface area (Å²) < 4.78 is 8.93. The van der Waals surface area contributed by atoms with E-state index in [9.17, 15) is 0 Å². The number of fused-ring (bicyclic) bond motifs is 3. The van der Waals surface area contributed by atoms with Crippen molar-refractivity contribution in [2.24, 2.45) is 11.8 Å². The summed E-state index contributed by atoms with van der Waals surface area (Å²) in [6, 6.07) is 6.84. The predicted octanol–water partition coefficient (Wildman–Crippen LogP) is 4.46. The van der Waals surface area contributed by atoms with Gasteiger partial charge in [-0.1, -0.05) is 12.5 Å². The van der Waals surface area contributed by atoms with Gasteiger partial charge in [0.2, 0.25) is 0 Å². The highest BCUT2D eigenvalue weighted by atomic mass is 32.1. The van der Waals surface area contributed by atoms with Gasteiger partial charge in [-0.2, -0.15) is 0 Å². The molecule has 2 saturated carbocycles. The lowest BCUT2D eigenvalue weighted by Gasteiger charge is -2.23. The maximum absolute atomic E-state index is 5.72. The Labute approximate surface area is 123 Å². The Morgan fingerprint density at radius 3 is 2.95 bits per heavy atom. The SMILES string of the molecule is CCOc1cccc2c1[nH]c(=S)n2C1CC2CCC1C2. The van der Waals surface area contributed by atoms with E-state index in [-0.39, 0.29) is 0 Å². The van der Waals surface area contributed by atoms with Crippen LogP contribution < -0.4 is 4.74 Å². The molecule has 1 aromatic heterocycles. The van der Waals surface area contributed by atoms with Gasteiger partial charge in [0.15, 0.2) is 4.77 Å². The molecule has 0 aliphatic heterocycles. The molecule has 4 rings (SSSR count). The number of hydrogen-bond acceptors (Lipinski definition) is 2. The average Bonchev–Trinajstić information content (AvgIpc) is 3.12. The molecule has 2 bridgehead atoms. The van der Waals surface area contributed by atoms with Crippen LogP contribution in [0.5, 0.6) is 5.75 Å². The second kappa shape index (κ2) is 4.62. The number of aromatic nitrogens is 2. The van der Waals surface area contributed by atoms with E-state index < -0.39 is 0 Å². The molecule has 106 valence electrons. The summed E-state index contributed by atoms with van der Waals surface area (Å²) in [6.07, 6.45) is 5.48. The normalized spacial score (nSPS) is 28.4. The third kappa shape index (κ3) is 1.74. The van der Waals surface area contributed by atoms with Crippen molar-refractivity contribution in [1.82, 2.24) is 9.55 Å². The van der Waals surface area contributed by atoms with E-state index in [4.69, 9.17) is 17.0 Å². The molecule has 0 spiro atoms. The van der Waals surface area contributed by atoms with Gasteiger partial charge in [-0.05, 0) is 62.4 Å². The Bertz CT molecular complexity index is 702. The van der Waals surface area contributed by atoms with Gasteiger partial charge in [0.05, 0.1) is 12.1 Å². The standard InChI is InChI=1S/C16H20N2OS/c1-2-19-14-5-3-4-12-15(14)17-16(20)18(12)13-9-10-6-7-11(13)8-10/h3-5,10-11,13H,2,6-9H2,1H3,(H,17,20). The van der Waals surface area contributed by atoms with Gasteiger partial charge >= 0.3 is 0 Å². The lowest BCUT2D eigenvalue weighted by Crippen LogP contribution is -2.16. The summed E-state index contributed by atoms with van der Waals surface area (Å²) in [7, 11) is 0. The van der Waals surface area contributed by atoms with Crippen molar-refractivity contribution in [3.05, 3.63) is 23.0 Å². The second-order valence-corrected chi connectivity index (χ2v) is 6.51. The fraction of sp³-hybridized carbons (Fsp3) is 0.562. The van der Waals surface area contributed by atoms with Crippen LogP contribution in [0.15, 0.2) is 18.2 Å². The highest BCUT2D eigenvalue weighted by Crippen LogP contribution is 2.51. The number of rotatable bonds is 3. The molecule has 3 unspecified atom stereocenters. The van der Waals surface area contributed by atoms with E-state index in [0.717, 1.165) is 27.9 Å². The molecular weight excluding hydrogens is 268 g/mol. The van der Waals surface area contributed by atoms with Gasteiger partial charge in [0.1, 0.15) is 11.3 Å². The van der Waals surface area contributed by atoms with Crippen LogP contribution in [0.4, 0.5) is 0 Å². The van der Waals surface area contributed by atoms with Gasteiger partial charge < -0.3 is 14.3 Å². The first-order chi connectivity index (χ1) is 9.78. The topological polar surface area (TPSA) is 29.9 Å². The molecule has 0 radical (unpaired) electrons. The summed E-state index contributed by atoms with van der Waals surface area (Å²) >= 11 is 5.60. The molecule has 1 heterocycles. The Hall–Kier alpha value is -1.29. The minimum Gasteiger partial charge on any atom is -0.492 e. The quantitative estimate of drug-likeness (QED) is 0.845. The van der Waals surface area contributed by atoms with Crippen molar-refractivity contribution < 1.29 is 4.74 Å². The summed E-state index contributed by atoms with van der Waals surface area (Å²) in [5.41, 5.74) is 2.26. The van der Waals surface area contributed by atoms with Crippen molar-refractivity contribution in [3.8, 4) is 5.75 Å². The lowest BCUT2D eigenvalue weighted by molar-refractivity contribution is 0.333. The van der Waals surface area contributed by atoms with Gasteiger partial charge in [0.25, 0.3) is 0 Å². The zero-order chi connectivity index (χ0) is 13.7. The van der Waals surface area contributed by atoms with E-state index in [0.29, 0.717) is 12.6 Å². The van der Waals surface area contributed by atoms with Gasteiger partial charge in [-0.15, -0.1) is 0 Å². The zero-order valence-electron chi connectivity index (χ0n) is 11.8. The number of nitrogens with one attached hydrogen (secondary N) is 1. The third-order valence-electron chi connectivity index (χ3n) is 5.05. The van der Waals surface area contributed by atoms with E-state index in [1.807, 2.05) is 13.0 Å². The molecule has 1 N–H and O–H groups in total. The van der Waals surface area contributed by atoms with E-state index in [1.165, 1.54) is 31.2 Å². The van der Waals surface area contributed by atoms with Crippen molar-refractivity contribution in [2.75, 3.05) is 6.61 Å². The third-order valence-corrected chi connectivity index (χ3v) is 5.35. The van der Waals surface area contributed by atoms with Crippen molar-refractivity contribution in [3.63, 3.8) is 0 Å². The molecule has 2 aromatic rings. The predicted molar refractivity (Wildman–Crippen MR) is 82.8 cm³/mol. The van der Waals surface area contributed by atoms with Crippen LogP contribution in [-0.2, 0) is 0 Å². The number of ether oxygens (including phenoxy) is 1. The minimum absolute atomic E-state index is 0.590. The molecule has 20 heavy (non-hydrogen) atoms. The van der Waals surface area contributed by atoms with Crippen molar-refractivity contribution >= 4 is 23.3 Å². The number of hydrogen-bond donors (Lipinski definition) is 1. The lowest BCUT2D eigenvalue weighted by atomic mass is 9.95. The van der Waals surface area contributed by atoms with E-state index >= 15 is 0 Å². The monoisotopic (exact) mass is 288 g/mol. The van der Waals surface area contributed by atoms with Crippen molar-refractivity contribution in [1.29, 1.82) is 0 Å². The Kier molecular flexibility index (Phi) is 2.88. The van der Waals surface area contributed by atoms with Crippen molar-refractivity contribution in [2.45, 2.75) is 38.6 Å². The molecule has 1 aromatic carbocycles. The van der Waals surface area contributed by atoms with E-state index in [1.54, 1.807) is 0 Å². The molecule has 2 fully saturated rings. The first-order valence-electron chi connectivity index (χ1n) is 7.64. The minimum atomic E-state index is 0.590. The van der Waals surface area contributed by atoms with Crippen LogP contribution in [0.1, 0.15) is 38.6 Å². The molecule has 4 heteroatoms. The first-order valence-corrected chi connectivity index (χ1v) is 8.04. The van der Waals surface area contributed by atoms with Crippen LogP contribution in [0.2, 0.25) is 0 Å². The van der Waals surface area contributed by atoms with Gasteiger partial charge in [-0.3, -0.25) is 0 Å². The largest absolute Gasteiger partial charge is 0.492 e. The number of H-pyrrole nitrogens is 1. The Balaban J connectivity index is 1.85. The maximum atomic E-state index is 5.72. The summed E-state index contributed by atoms with van der Waals surface area (Å²) in [6.45, 7) is 2.69. The number of benzene rings is 1. The molecule has 0 amide bonds. The molecule has 3 atom stereocenters. The summed E-state index contributed by atoms with van der Waals surface area (Å²) in [4.78, 5) is 3.37. The van der Waals surface area contributed by atoms with E-state index in [2.05, 4.69) is 21.7 Å². The van der Waals surface area contributed by atoms with Crippen LogP contribution >= 0.6 is 12.2 Å².